The molecule has 0 aromatic heterocycles. The number of likely N-dealkylation sites (tertiary alicyclic amines) is 1. The summed E-state index contributed by atoms with van der Waals surface area (Å²) in [5, 5.41) is 12.7. The minimum atomic E-state index is -1.08. The SMILES string of the molecule is CC1(C(=O)O)CCCN1C(=O)C1NCCc2ccccc21. The van der Waals surface area contributed by atoms with Crippen LogP contribution >= 0.6 is 0 Å². The Labute approximate surface area is 123 Å². The summed E-state index contributed by atoms with van der Waals surface area (Å²) in [4.78, 5) is 26.0. The van der Waals surface area contributed by atoms with E-state index in [4.69, 9.17) is 0 Å². The van der Waals surface area contributed by atoms with E-state index in [1.54, 1.807) is 6.92 Å². The Morgan fingerprint density at radius 1 is 1.38 bits per heavy atom. The van der Waals surface area contributed by atoms with Gasteiger partial charge in [-0.1, -0.05) is 24.3 Å². The number of nitrogens with one attached hydrogen (secondary N) is 1. The molecule has 1 saturated heterocycles. The molecule has 0 saturated carbocycles. The molecule has 0 spiro atoms. The van der Waals surface area contributed by atoms with Crippen molar-refractivity contribution >= 4 is 11.9 Å². The normalized spacial score (nSPS) is 28.2. The van der Waals surface area contributed by atoms with Crippen LogP contribution in [0.4, 0.5) is 0 Å². The van der Waals surface area contributed by atoms with Crippen molar-refractivity contribution in [2.45, 2.75) is 37.8 Å². The number of carboxylic acids is 1. The third-order valence-electron chi connectivity index (χ3n) is 4.72. The lowest BCUT2D eigenvalue weighted by Gasteiger charge is -2.36. The number of carbonyl (C=O) groups is 2. The molecule has 0 bridgehead atoms. The highest BCUT2D eigenvalue weighted by Gasteiger charge is 2.47. The largest absolute Gasteiger partial charge is 0.480 e. The number of fused-ring (bicyclic) bond motifs is 1. The number of hydrogen-bond donors (Lipinski definition) is 2. The van der Waals surface area contributed by atoms with Crippen LogP contribution in [0.1, 0.15) is 36.9 Å². The first-order valence-electron chi connectivity index (χ1n) is 7.40. The lowest BCUT2D eigenvalue weighted by atomic mass is 9.92. The van der Waals surface area contributed by atoms with E-state index in [-0.39, 0.29) is 5.91 Å². The number of rotatable bonds is 2. The molecule has 3 rings (SSSR count). The molecule has 5 nitrogen and oxygen atoms in total. The fourth-order valence-electron chi connectivity index (χ4n) is 3.42. The molecule has 1 aromatic rings. The maximum absolute atomic E-state index is 12.9. The molecular formula is C16H20N2O3. The smallest absolute Gasteiger partial charge is 0.329 e. The van der Waals surface area contributed by atoms with Crippen molar-refractivity contribution in [3.63, 3.8) is 0 Å². The number of nitrogens with zero attached hydrogens (tertiary/aromatic N) is 1. The van der Waals surface area contributed by atoms with Gasteiger partial charge in [0, 0.05) is 13.1 Å². The summed E-state index contributed by atoms with van der Waals surface area (Å²) < 4.78 is 0. The molecule has 2 N–H and O–H groups in total. The van der Waals surface area contributed by atoms with Gasteiger partial charge in [-0.05, 0) is 37.3 Å². The van der Waals surface area contributed by atoms with Crippen LogP contribution in [-0.4, -0.2) is 40.5 Å². The zero-order valence-electron chi connectivity index (χ0n) is 12.1. The van der Waals surface area contributed by atoms with Gasteiger partial charge in [0.1, 0.15) is 11.6 Å². The van der Waals surface area contributed by atoms with Gasteiger partial charge in [-0.3, -0.25) is 4.79 Å². The highest BCUT2D eigenvalue weighted by molar-refractivity contribution is 5.91. The van der Waals surface area contributed by atoms with Crippen molar-refractivity contribution in [1.82, 2.24) is 10.2 Å². The maximum Gasteiger partial charge on any atom is 0.329 e. The minimum Gasteiger partial charge on any atom is -0.480 e. The van der Waals surface area contributed by atoms with E-state index < -0.39 is 17.6 Å². The third kappa shape index (κ3) is 2.21. The zero-order valence-corrected chi connectivity index (χ0v) is 12.1. The van der Waals surface area contributed by atoms with Crippen LogP contribution < -0.4 is 5.32 Å². The van der Waals surface area contributed by atoms with E-state index in [2.05, 4.69) is 5.32 Å². The van der Waals surface area contributed by atoms with Crippen molar-refractivity contribution in [3.8, 4) is 0 Å². The fraction of sp³-hybridized carbons (Fsp3) is 0.500. The molecular weight excluding hydrogens is 268 g/mol. The van der Waals surface area contributed by atoms with Crippen LogP contribution in [0.5, 0.6) is 0 Å². The molecule has 2 heterocycles. The molecule has 5 heteroatoms. The van der Waals surface area contributed by atoms with E-state index in [1.165, 1.54) is 10.5 Å². The molecule has 1 aromatic carbocycles. The maximum atomic E-state index is 12.9. The second-order valence-electron chi connectivity index (χ2n) is 6.01. The molecule has 1 amide bonds. The molecule has 0 radical (unpaired) electrons. The second-order valence-corrected chi connectivity index (χ2v) is 6.01. The Balaban J connectivity index is 1.92. The van der Waals surface area contributed by atoms with Gasteiger partial charge in [0.2, 0.25) is 5.91 Å². The first kappa shape index (κ1) is 14.1. The minimum absolute atomic E-state index is 0.121. The average Bonchev–Trinajstić information content (AvgIpc) is 2.89. The number of carboxylic acid groups (broad SMARTS) is 1. The zero-order chi connectivity index (χ0) is 15.0. The van der Waals surface area contributed by atoms with Crippen LogP contribution in [0.25, 0.3) is 0 Å². The number of carbonyl (C=O) groups excluding carboxylic acids is 1. The van der Waals surface area contributed by atoms with Gasteiger partial charge in [-0.15, -0.1) is 0 Å². The molecule has 0 aliphatic carbocycles. The van der Waals surface area contributed by atoms with Crippen molar-refractivity contribution in [2.75, 3.05) is 13.1 Å². The van der Waals surface area contributed by atoms with Crippen molar-refractivity contribution in [3.05, 3.63) is 35.4 Å². The number of hydrogen-bond acceptors (Lipinski definition) is 3. The van der Waals surface area contributed by atoms with Crippen molar-refractivity contribution < 1.29 is 14.7 Å². The molecule has 2 atom stereocenters. The van der Waals surface area contributed by atoms with E-state index in [9.17, 15) is 14.7 Å². The summed E-state index contributed by atoms with van der Waals surface area (Å²) in [6.07, 6.45) is 2.15. The van der Waals surface area contributed by atoms with Crippen LogP contribution in [0.15, 0.2) is 24.3 Å². The Bertz CT molecular complexity index is 587. The molecule has 2 unspecified atom stereocenters. The van der Waals surface area contributed by atoms with Crippen LogP contribution in [0.3, 0.4) is 0 Å². The van der Waals surface area contributed by atoms with Crippen LogP contribution in [-0.2, 0) is 16.0 Å². The van der Waals surface area contributed by atoms with Crippen LogP contribution in [0, 0.1) is 0 Å². The highest BCUT2D eigenvalue weighted by atomic mass is 16.4. The monoisotopic (exact) mass is 288 g/mol. The van der Waals surface area contributed by atoms with Gasteiger partial charge < -0.3 is 15.3 Å². The Hall–Kier alpha value is -1.88. The summed E-state index contributed by atoms with van der Waals surface area (Å²) in [7, 11) is 0. The average molecular weight is 288 g/mol. The van der Waals surface area contributed by atoms with Crippen molar-refractivity contribution in [2.24, 2.45) is 0 Å². The van der Waals surface area contributed by atoms with E-state index >= 15 is 0 Å². The quantitative estimate of drug-likeness (QED) is 0.861. The molecule has 1 fully saturated rings. The van der Waals surface area contributed by atoms with E-state index in [0.29, 0.717) is 13.0 Å². The second kappa shape index (κ2) is 5.15. The number of amides is 1. The van der Waals surface area contributed by atoms with Gasteiger partial charge in [-0.2, -0.15) is 0 Å². The first-order valence-corrected chi connectivity index (χ1v) is 7.40. The van der Waals surface area contributed by atoms with E-state index in [0.717, 1.165) is 24.9 Å². The summed E-state index contributed by atoms with van der Waals surface area (Å²) in [6, 6.07) is 7.47. The summed E-state index contributed by atoms with van der Waals surface area (Å²) in [6.45, 7) is 2.90. The number of benzene rings is 1. The van der Waals surface area contributed by atoms with Gasteiger partial charge in [-0.25, -0.2) is 4.79 Å². The highest BCUT2D eigenvalue weighted by Crippen LogP contribution is 2.33. The first-order chi connectivity index (χ1) is 10.0. The Kier molecular flexibility index (Phi) is 3.45. The summed E-state index contributed by atoms with van der Waals surface area (Å²) >= 11 is 0. The summed E-state index contributed by atoms with van der Waals surface area (Å²) in [5.41, 5.74) is 1.07. The molecule has 2 aliphatic heterocycles. The third-order valence-corrected chi connectivity index (χ3v) is 4.72. The topological polar surface area (TPSA) is 69.6 Å². The Morgan fingerprint density at radius 2 is 2.14 bits per heavy atom. The number of aliphatic carboxylic acids is 1. The predicted molar refractivity (Wildman–Crippen MR) is 77.9 cm³/mol. The van der Waals surface area contributed by atoms with Gasteiger partial charge in [0.25, 0.3) is 0 Å². The molecule has 112 valence electrons. The van der Waals surface area contributed by atoms with Gasteiger partial charge in [0.15, 0.2) is 0 Å². The molecule has 2 aliphatic rings. The Morgan fingerprint density at radius 3 is 2.90 bits per heavy atom. The van der Waals surface area contributed by atoms with Gasteiger partial charge >= 0.3 is 5.97 Å². The van der Waals surface area contributed by atoms with Crippen molar-refractivity contribution in [1.29, 1.82) is 0 Å². The lowest BCUT2D eigenvalue weighted by Crippen LogP contribution is -2.54. The standard InChI is InChI=1S/C16H20N2O3/c1-16(15(20)21)8-4-10-18(16)14(19)13-12-6-3-2-5-11(12)7-9-17-13/h2-3,5-6,13,17H,4,7-10H2,1H3,(H,20,21). The fourth-order valence-corrected chi connectivity index (χ4v) is 3.42. The lowest BCUT2D eigenvalue weighted by molar-refractivity contribution is -0.156. The molecule has 21 heavy (non-hydrogen) atoms. The predicted octanol–water partition coefficient (Wildman–Crippen LogP) is 1.34. The summed E-state index contributed by atoms with van der Waals surface area (Å²) in [5.74, 6) is -1.04. The van der Waals surface area contributed by atoms with Gasteiger partial charge in [0.05, 0.1) is 0 Å². The van der Waals surface area contributed by atoms with E-state index in [1.807, 2.05) is 24.3 Å². The van der Waals surface area contributed by atoms with Crippen LogP contribution in [0.2, 0.25) is 0 Å².